The first-order valence-corrected chi connectivity index (χ1v) is 9.14. The molecule has 0 saturated heterocycles. The number of hydrogen-bond acceptors (Lipinski definition) is 4. The van der Waals surface area contributed by atoms with Crippen LogP contribution in [0.1, 0.15) is 58.9 Å². The number of hydroxylamine groups is 2. The van der Waals surface area contributed by atoms with E-state index in [1.165, 1.54) is 5.56 Å². The van der Waals surface area contributed by atoms with Crippen LogP contribution in [0, 0.1) is 0 Å². The molecule has 0 fully saturated rings. The van der Waals surface area contributed by atoms with Crippen molar-refractivity contribution in [2.24, 2.45) is 0 Å². The van der Waals surface area contributed by atoms with Crippen LogP contribution < -0.4 is 0 Å². The Morgan fingerprint density at radius 2 is 1.54 bits per heavy atom. The van der Waals surface area contributed by atoms with Crippen molar-refractivity contribution in [2.75, 3.05) is 19.8 Å². The Morgan fingerprint density at radius 1 is 0.958 bits per heavy atom. The maximum atomic E-state index is 10.2. The van der Waals surface area contributed by atoms with Crippen LogP contribution in [0.5, 0.6) is 0 Å². The Balaban J connectivity index is 2.93. The van der Waals surface area contributed by atoms with Gasteiger partial charge in [-0.2, -0.15) is 5.06 Å². The second kappa shape index (κ2) is 10.1. The van der Waals surface area contributed by atoms with Gasteiger partial charge in [0.1, 0.15) is 0 Å². The normalized spacial score (nSPS) is 12.8. The minimum atomic E-state index is -0.552. The summed E-state index contributed by atoms with van der Waals surface area (Å²) in [5, 5.41) is 21.9. The molecule has 1 rings (SSSR count). The molecule has 1 aromatic carbocycles. The van der Waals surface area contributed by atoms with E-state index in [1.807, 2.05) is 37.1 Å². The highest BCUT2D eigenvalue weighted by Gasteiger charge is 2.43. The first kappa shape index (κ1) is 21.1. The molecule has 0 bridgehead atoms. The van der Waals surface area contributed by atoms with E-state index in [4.69, 9.17) is 4.84 Å². The maximum absolute atomic E-state index is 10.2. The SMILES string of the molecule is CCCC(CO)(CCC)N(OCCc1ccccc1)C(C)(C)CO. The van der Waals surface area contributed by atoms with Crippen LogP contribution in [-0.4, -0.2) is 46.2 Å². The number of aliphatic hydroxyl groups excluding tert-OH is 2. The number of benzene rings is 1. The van der Waals surface area contributed by atoms with Gasteiger partial charge in [-0.3, -0.25) is 4.84 Å². The van der Waals surface area contributed by atoms with Gasteiger partial charge in [0.25, 0.3) is 0 Å². The zero-order valence-corrected chi connectivity index (χ0v) is 15.8. The molecule has 0 radical (unpaired) electrons. The van der Waals surface area contributed by atoms with Crippen LogP contribution in [-0.2, 0) is 11.3 Å². The Labute approximate surface area is 147 Å². The summed E-state index contributed by atoms with van der Waals surface area (Å²) in [7, 11) is 0. The number of hydrogen-bond donors (Lipinski definition) is 2. The van der Waals surface area contributed by atoms with Crippen molar-refractivity contribution in [2.45, 2.75) is 70.9 Å². The lowest BCUT2D eigenvalue weighted by Crippen LogP contribution is -2.61. The summed E-state index contributed by atoms with van der Waals surface area (Å²) in [6, 6.07) is 10.2. The first-order valence-electron chi connectivity index (χ1n) is 9.14. The fraction of sp³-hybridized carbons (Fsp3) is 0.700. The fourth-order valence-corrected chi connectivity index (χ4v) is 3.40. The van der Waals surface area contributed by atoms with Crippen LogP contribution >= 0.6 is 0 Å². The highest BCUT2D eigenvalue weighted by molar-refractivity contribution is 5.14. The molecule has 4 heteroatoms. The molecule has 0 aliphatic heterocycles. The average Bonchev–Trinajstić information content (AvgIpc) is 2.59. The summed E-state index contributed by atoms with van der Waals surface area (Å²) in [5.41, 5.74) is 0.218. The highest BCUT2D eigenvalue weighted by Crippen LogP contribution is 2.33. The molecule has 0 aliphatic rings. The van der Waals surface area contributed by atoms with Crippen LogP contribution in [0.3, 0.4) is 0 Å². The quantitative estimate of drug-likeness (QED) is 0.573. The zero-order valence-electron chi connectivity index (χ0n) is 15.8. The Morgan fingerprint density at radius 3 is 2.00 bits per heavy atom. The van der Waals surface area contributed by atoms with Crippen molar-refractivity contribution < 1.29 is 15.1 Å². The molecule has 0 atom stereocenters. The van der Waals surface area contributed by atoms with Crippen LogP contribution in [0.4, 0.5) is 0 Å². The summed E-state index contributed by atoms with van der Waals surface area (Å²) in [6.07, 6.45) is 4.40. The number of aliphatic hydroxyl groups is 2. The van der Waals surface area contributed by atoms with Crippen LogP contribution in [0.2, 0.25) is 0 Å². The molecule has 2 N–H and O–H groups in total. The standard InChI is InChI=1S/C20H35NO3/c1-5-13-20(17-23,14-6-2)21(19(3,4)16-22)24-15-12-18-10-8-7-9-11-18/h7-11,22-23H,5-6,12-17H2,1-4H3. The molecule has 4 nitrogen and oxygen atoms in total. The van der Waals surface area contributed by atoms with Crippen LogP contribution in [0.15, 0.2) is 30.3 Å². The fourth-order valence-electron chi connectivity index (χ4n) is 3.40. The van der Waals surface area contributed by atoms with E-state index in [9.17, 15) is 10.2 Å². The predicted molar refractivity (Wildman–Crippen MR) is 98.7 cm³/mol. The van der Waals surface area contributed by atoms with E-state index in [1.54, 1.807) is 0 Å². The molecule has 24 heavy (non-hydrogen) atoms. The van der Waals surface area contributed by atoms with E-state index in [-0.39, 0.29) is 13.2 Å². The smallest absolute Gasteiger partial charge is 0.0726 e. The summed E-state index contributed by atoms with van der Waals surface area (Å²) in [5.74, 6) is 0. The maximum Gasteiger partial charge on any atom is 0.0726 e. The topological polar surface area (TPSA) is 52.9 Å². The van der Waals surface area contributed by atoms with Gasteiger partial charge in [0, 0.05) is 0 Å². The second-order valence-electron chi connectivity index (χ2n) is 7.22. The summed E-state index contributed by atoms with van der Waals surface area (Å²) >= 11 is 0. The largest absolute Gasteiger partial charge is 0.394 e. The van der Waals surface area contributed by atoms with Gasteiger partial charge in [0.2, 0.25) is 0 Å². The molecule has 1 aromatic rings. The van der Waals surface area contributed by atoms with Gasteiger partial charge < -0.3 is 10.2 Å². The minimum absolute atomic E-state index is 0.0203. The van der Waals surface area contributed by atoms with E-state index < -0.39 is 11.1 Å². The minimum Gasteiger partial charge on any atom is -0.394 e. The van der Waals surface area contributed by atoms with Gasteiger partial charge in [-0.25, -0.2) is 0 Å². The van der Waals surface area contributed by atoms with Crippen molar-refractivity contribution in [3.05, 3.63) is 35.9 Å². The average molecular weight is 338 g/mol. The van der Waals surface area contributed by atoms with E-state index in [2.05, 4.69) is 26.0 Å². The highest BCUT2D eigenvalue weighted by atomic mass is 16.7. The summed E-state index contributed by atoms with van der Waals surface area (Å²) in [6.45, 7) is 8.71. The van der Waals surface area contributed by atoms with Gasteiger partial charge in [-0.1, -0.05) is 57.0 Å². The zero-order chi connectivity index (χ0) is 18.1. The molecular weight excluding hydrogens is 302 g/mol. The molecule has 0 saturated carbocycles. The Bertz CT molecular complexity index is 441. The monoisotopic (exact) mass is 337 g/mol. The van der Waals surface area contributed by atoms with Crippen molar-refractivity contribution in [3.8, 4) is 0 Å². The first-order chi connectivity index (χ1) is 11.5. The van der Waals surface area contributed by atoms with Crippen molar-refractivity contribution in [3.63, 3.8) is 0 Å². The number of nitrogens with zero attached hydrogens (tertiary/aromatic N) is 1. The Kier molecular flexibility index (Phi) is 8.92. The summed E-state index contributed by atoms with van der Waals surface area (Å²) < 4.78 is 0. The van der Waals surface area contributed by atoms with E-state index >= 15 is 0 Å². The molecule has 0 aliphatic carbocycles. The van der Waals surface area contributed by atoms with Crippen molar-refractivity contribution in [1.82, 2.24) is 5.06 Å². The van der Waals surface area contributed by atoms with E-state index in [0.717, 1.165) is 32.1 Å². The van der Waals surface area contributed by atoms with Gasteiger partial charge in [-0.15, -0.1) is 0 Å². The van der Waals surface area contributed by atoms with Crippen LogP contribution in [0.25, 0.3) is 0 Å². The molecule has 0 heterocycles. The molecule has 0 unspecified atom stereocenters. The third-order valence-corrected chi connectivity index (χ3v) is 4.55. The molecule has 0 amide bonds. The van der Waals surface area contributed by atoms with Gasteiger partial charge in [0.05, 0.1) is 30.9 Å². The lowest BCUT2D eigenvalue weighted by Gasteiger charge is -2.49. The predicted octanol–water partition coefficient (Wildman–Crippen LogP) is 3.56. The third kappa shape index (κ3) is 5.55. The van der Waals surface area contributed by atoms with Gasteiger partial charge >= 0.3 is 0 Å². The lowest BCUT2D eigenvalue weighted by atomic mass is 9.85. The number of rotatable bonds is 12. The van der Waals surface area contributed by atoms with Crippen molar-refractivity contribution in [1.29, 1.82) is 0 Å². The molecule has 138 valence electrons. The van der Waals surface area contributed by atoms with Gasteiger partial charge in [-0.05, 0) is 38.7 Å². The van der Waals surface area contributed by atoms with Gasteiger partial charge in [0.15, 0.2) is 0 Å². The van der Waals surface area contributed by atoms with E-state index in [0.29, 0.717) is 6.61 Å². The Hall–Kier alpha value is -0.940. The molecular formula is C20H35NO3. The molecule has 0 aromatic heterocycles. The summed E-state index contributed by atoms with van der Waals surface area (Å²) in [4.78, 5) is 6.18. The van der Waals surface area contributed by atoms with Crippen molar-refractivity contribution >= 4 is 0 Å². The molecule has 0 spiro atoms. The third-order valence-electron chi connectivity index (χ3n) is 4.55. The second-order valence-corrected chi connectivity index (χ2v) is 7.22. The lowest BCUT2D eigenvalue weighted by molar-refractivity contribution is -0.289.